The quantitative estimate of drug-likeness (QED) is 0.832. The zero-order valence-corrected chi connectivity index (χ0v) is 14.8. The molecule has 0 saturated carbocycles. The summed E-state index contributed by atoms with van der Waals surface area (Å²) in [6.07, 6.45) is 1.46. The summed E-state index contributed by atoms with van der Waals surface area (Å²) >= 11 is 0. The molecule has 2 fully saturated rings. The number of hydrogen-bond donors (Lipinski definition) is 0. The number of fused-ring (bicyclic) bond motifs is 2. The fourth-order valence-corrected chi connectivity index (χ4v) is 4.05. The van der Waals surface area contributed by atoms with Crippen LogP contribution in [0.3, 0.4) is 0 Å². The highest BCUT2D eigenvalue weighted by molar-refractivity contribution is 5.98. The minimum absolute atomic E-state index is 0.106. The number of carbonyl (C=O) groups excluding carboxylic acids is 2. The number of halogens is 2. The first-order valence-corrected chi connectivity index (χ1v) is 9.11. The number of benzene rings is 2. The number of piperidine rings is 2. The molecule has 0 spiro atoms. The van der Waals surface area contributed by atoms with Gasteiger partial charge in [-0.1, -0.05) is 12.1 Å². The first-order valence-electron chi connectivity index (χ1n) is 9.11. The molecule has 27 heavy (non-hydrogen) atoms. The second kappa shape index (κ2) is 7.10. The van der Waals surface area contributed by atoms with Gasteiger partial charge in [0.05, 0.1) is 0 Å². The van der Waals surface area contributed by atoms with Crippen LogP contribution in [0.15, 0.2) is 48.5 Å². The van der Waals surface area contributed by atoms with Gasteiger partial charge in [-0.2, -0.15) is 0 Å². The highest BCUT2D eigenvalue weighted by atomic mass is 19.1. The molecule has 2 aliphatic rings. The van der Waals surface area contributed by atoms with Gasteiger partial charge in [0, 0.05) is 25.2 Å². The van der Waals surface area contributed by atoms with Crippen molar-refractivity contribution in [2.45, 2.75) is 25.4 Å². The van der Waals surface area contributed by atoms with Crippen molar-refractivity contribution in [3.63, 3.8) is 0 Å². The summed E-state index contributed by atoms with van der Waals surface area (Å²) in [5.41, 5.74) is 1.12. The van der Waals surface area contributed by atoms with E-state index in [1.807, 2.05) is 0 Å². The molecule has 0 unspecified atom stereocenters. The van der Waals surface area contributed by atoms with Crippen molar-refractivity contribution in [2.24, 2.45) is 5.92 Å². The predicted molar refractivity (Wildman–Crippen MR) is 95.8 cm³/mol. The van der Waals surface area contributed by atoms with Crippen LogP contribution in [0, 0.1) is 17.6 Å². The number of carbonyl (C=O) groups is 2. The zero-order valence-electron chi connectivity index (χ0n) is 14.8. The Morgan fingerprint density at radius 1 is 1.07 bits per heavy atom. The minimum atomic E-state index is -0.511. The zero-order chi connectivity index (χ0) is 19.0. The van der Waals surface area contributed by atoms with Gasteiger partial charge in [0.25, 0.3) is 5.91 Å². The average Bonchev–Trinajstić information content (AvgIpc) is 2.66. The molecule has 2 heterocycles. The third-order valence-corrected chi connectivity index (χ3v) is 5.40. The monoisotopic (exact) mass is 370 g/mol. The van der Waals surface area contributed by atoms with E-state index in [0.29, 0.717) is 37.5 Å². The van der Waals surface area contributed by atoms with Gasteiger partial charge in [-0.25, -0.2) is 8.78 Å². The maximum atomic E-state index is 13.5. The van der Waals surface area contributed by atoms with Crippen molar-refractivity contribution >= 4 is 11.8 Å². The lowest BCUT2D eigenvalue weighted by atomic mass is 9.85. The molecule has 2 atom stereocenters. The van der Waals surface area contributed by atoms with E-state index in [4.69, 9.17) is 0 Å². The topological polar surface area (TPSA) is 40.6 Å². The summed E-state index contributed by atoms with van der Waals surface area (Å²) in [6.45, 7) is 1.48. The Hall–Kier alpha value is -2.76. The van der Waals surface area contributed by atoms with Crippen LogP contribution in [-0.2, 0) is 11.3 Å². The Labute approximate surface area is 156 Å². The van der Waals surface area contributed by atoms with E-state index >= 15 is 0 Å². The van der Waals surface area contributed by atoms with Gasteiger partial charge in [-0.05, 0) is 60.7 Å². The van der Waals surface area contributed by atoms with Crippen LogP contribution >= 0.6 is 0 Å². The number of nitrogens with zero attached hydrogens (tertiary/aromatic N) is 2. The van der Waals surface area contributed by atoms with Gasteiger partial charge >= 0.3 is 0 Å². The highest BCUT2D eigenvalue weighted by Crippen LogP contribution is 2.32. The highest BCUT2D eigenvalue weighted by Gasteiger charge is 2.43. The third kappa shape index (κ3) is 3.56. The molecule has 4 rings (SSSR count). The van der Waals surface area contributed by atoms with Crippen LogP contribution in [0.2, 0.25) is 0 Å². The maximum Gasteiger partial charge on any atom is 0.254 e. The van der Waals surface area contributed by atoms with Crippen molar-refractivity contribution in [1.29, 1.82) is 0 Å². The molecular formula is C21H20F2N2O2. The molecule has 4 nitrogen and oxygen atoms in total. The molecule has 0 aliphatic carbocycles. The lowest BCUT2D eigenvalue weighted by Gasteiger charge is -2.46. The molecule has 0 N–H and O–H groups in total. The second-order valence-electron chi connectivity index (χ2n) is 7.26. The van der Waals surface area contributed by atoms with Crippen LogP contribution in [0.5, 0.6) is 0 Å². The van der Waals surface area contributed by atoms with Crippen molar-refractivity contribution in [3.8, 4) is 0 Å². The first-order chi connectivity index (χ1) is 13.0. The predicted octanol–water partition coefficient (Wildman–Crippen LogP) is 3.23. The Morgan fingerprint density at radius 2 is 1.85 bits per heavy atom. The van der Waals surface area contributed by atoms with E-state index in [9.17, 15) is 18.4 Å². The summed E-state index contributed by atoms with van der Waals surface area (Å²) in [4.78, 5) is 29.2. The molecule has 2 bridgehead atoms. The molecule has 6 heteroatoms. The van der Waals surface area contributed by atoms with E-state index in [1.54, 1.807) is 21.9 Å². The molecule has 0 radical (unpaired) electrons. The van der Waals surface area contributed by atoms with E-state index in [-0.39, 0.29) is 17.6 Å². The Morgan fingerprint density at radius 3 is 2.59 bits per heavy atom. The number of likely N-dealkylation sites (tertiary alicyclic amines) is 2. The van der Waals surface area contributed by atoms with E-state index < -0.39 is 11.9 Å². The molecule has 2 aromatic carbocycles. The molecule has 2 aliphatic heterocycles. The molecule has 2 aromatic rings. The normalized spacial score (nSPS) is 22.1. The largest absolute Gasteiger partial charge is 0.336 e. The number of rotatable bonds is 3. The third-order valence-electron chi connectivity index (χ3n) is 5.40. The average molecular weight is 370 g/mol. The smallest absolute Gasteiger partial charge is 0.254 e. The molecule has 2 saturated heterocycles. The Kier molecular flexibility index (Phi) is 4.64. The van der Waals surface area contributed by atoms with Gasteiger partial charge in [0.15, 0.2) is 0 Å². The van der Waals surface area contributed by atoms with Gasteiger partial charge in [-0.3, -0.25) is 9.59 Å². The molecule has 140 valence electrons. The van der Waals surface area contributed by atoms with Crippen LogP contribution in [0.25, 0.3) is 0 Å². The van der Waals surface area contributed by atoms with Crippen LogP contribution in [0.1, 0.15) is 28.8 Å². The second-order valence-corrected chi connectivity index (χ2v) is 7.26. The van der Waals surface area contributed by atoms with E-state index in [1.165, 1.54) is 36.4 Å². The summed E-state index contributed by atoms with van der Waals surface area (Å²) < 4.78 is 26.6. The standard InChI is InChI=1S/C21H20F2N2O2/c22-17-6-4-16(5-7-17)20(26)25-9-8-15-11-19(25)21(27)24(13-15)12-14-2-1-3-18(23)10-14/h1-7,10,15,19H,8-9,11-13H2/t15-,19+/m0/s1. The minimum Gasteiger partial charge on any atom is -0.336 e. The van der Waals surface area contributed by atoms with Gasteiger partial charge in [-0.15, -0.1) is 0 Å². The summed E-state index contributed by atoms with van der Waals surface area (Å²) in [6, 6.07) is 11.1. The lowest BCUT2D eigenvalue weighted by Crippen LogP contribution is -2.59. The molecular weight excluding hydrogens is 350 g/mol. The molecule has 0 aromatic heterocycles. The summed E-state index contributed by atoms with van der Waals surface area (Å²) in [7, 11) is 0. The van der Waals surface area contributed by atoms with Gasteiger partial charge < -0.3 is 9.80 Å². The van der Waals surface area contributed by atoms with Crippen molar-refractivity contribution in [3.05, 3.63) is 71.3 Å². The molecule has 2 amide bonds. The summed E-state index contributed by atoms with van der Waals surface area (Å²) in [5.74, 6) is -0.755. The van der Waals surface area contributed by atoms with Crippen molar-refractivity contribution in [2.75, 3.05) is 13.1 Å². The van der Waals surface area contributed by atoms with Crippen LogP contribution in [0.4, 0.5) is 8.78 Å². The van der Waals surface area contributed by atoms with E-state index in [2.05, 4.69) is 0 Å². The Balaban J connectivity index is 1.53. The van der Waals surface area contributed by atoms with E-state index in [0.717, 1.165) is 12.0 Å². The van der Waals surface area contributed by atoms with Gasteiger partial charge in [0.2, 0.25) is 5.91 Å². The lowest BCUT2D eigenvalue weighted by molar-refractivity contribution is -0.144. The van der Waals surface area contributed by atoms with Crippen LogP contribution < -0.4 is 0 Å². The maximum absolute atomic E-state index is 13.5. The SMILES string of the molecule is O=C1[C@H]2C[C@H](CCN2C(=O)c2ccc(F)cc2)CN1Cc1cccc(F)c1. The number of amides is 2. The van der Waals surface area contributed by atoms with Gasteiger partial charge in [0.1, 0.15) is 17.7 Å². The fraction of sp³-hybridized carbons (Fsp3) is 0.333. The van der Waals surface area contributed by atoms with Crippen LogP contribution in [-0.4, -0.2) is 40.7 Å². The Bertz CT molecular complexity index is 869. The summed E-state index contributed by atoms with van der Waals surface area (Å²) in [5, 5.41) is 0. The first kappa shape index (κ1) is 17.6. The number of hydrogen-bond acceptors (Lipinski definition) is 2. The fourth-order valence-electron chi connectivity index (χ4n) is 4.05. The van der Waals surface area contributed by atoms with Crippen molar-refractivity contribution < 1.29 is 18.4 Å². The van der Waals surface area contributed by atoms with Crippen molar-refractivity contribution in [1.82, 2.24) is 9.80 Å².